The van der Waals surface area contributed by atoms with Gasteiger partial charge in [-0.05, 0) is 49.5 Å². The van der Waals surface area contributed by atoms with E-state index >= 15 is 0 Å². The van der Waals surface area contributed by atoms with Gasteiger partial charge in [-0.3, -0.25) is 4.90 Å². The van der Waals surface area contributed by atoms with Crippen molar-refractivity contribution < 1.29 is 0 Å². The molecular formula is C20H27N. The SMILES string of the molecule is CCCN(CCC)Cc1ccc(-c2ccc(C)cc2)cc1. The van der Waals surface area contributed by atoms with Crippen LogP contribution in [0.2, 0.25) is 0 Å². The van der Waals surface area contributed by atoms with E-state index in [1.165, 1.54) is 48.2 Å². The third-order valence-corrected chi connectivity index (χ3v) is 3.82. The van der Waals surface area contributed by atoms with Gasteiger partial charge < -0.3 is 0 Å². The molecule has 0 aromatic heterocycles. The summed E-state index contributed by atoms with van der Waals surface area (Å²) < 4.78 is 0. The van der Waals surface area contributed by atoms with Crippen LogP contribution in [-0.2, 0) is 6.54 Å². The van der Waals surface area contributed by atoms with Crippen molar-refractivity contribution in [3.05, 3.63) is 59.7 Å². The van der Waals surface area contributed by atoms with Crippen molar-refractivity contribution in [1.29, 1.82) is 0 Å². The summed E-state index contributed by atoms with van der Waals surface area (Å²) >= 11 is 0. The number of hydrogen-bond donors (Lipinski definition) is 0. The summed E-state index contributed by atoms with van der Waals surface area (Å²) in [6.45, 7) is 10.1. The largest absolute Gasteiger partial charge is 0.299 e. The first-order chi connectivity index (χ1) is 10.2. The fourth-order valence-corrected chi connectivity index (χ4v) is 2.71. The van der Waals surface area contributed by atoms with Crippen molar-refractivity contribution in [1.82, 2.24) is 4.90 Å². The topological polar surface area (TPSA) is 3.24 Å². The minimum atomic E-state index is 1.07. The van der Waals surface area contributed by atoms with E-state index in [1.807, 2.05) is 0 Å². The molecule has 0 unspecified atom stereocenters. The zero-order valence-electron chi connectivity index (χ0n) is 13.6. The molecule has 0 amide bonds. The van der Waals surface area contributed by atoms with E-state index in [1.54, 1.807) is 0 Å². The summed E-state index contributed by atoms with van der Waals surface area (Å²) in [6, 6.07) is 17.8. The molecule has 0 atom stereocenters. The minimum absolute atomic E-state index is 1.07. The van der Waals surface area contributed by atoms with Crippen LogP contribution in [-0.4, -0.2) is 18.0 Å². The molecule has 0 heterocycles. The standard InChI is InChI=1S/C20H27N/c1-4-14-21(15-5-2)16-18-8-12-20(13-9-18)19-10-6-17(3)7-11-19/h6-13H,4-5,14-16H2,1-3H3. The van der Waals surface area contributed by atoms with Gasteiger partial charge in [-0.15, -0.1) is 0 Å². The van der Waals surface area contributed by atoms with E-state index in [0.29, 0.717) is 0 Å². The molecule has 0 saturated heterocycles. The van der Waals surface area contributed by atoms with Gasteiger partial charge in [0.2, 0.25) is 0 Å². The molecule has 112 valence electrons. The smallest absolute Gasteiger partial charge is 0.0233 e. The number of rotatable bonds is 7. The first-order valence-electron chi connectivity index (χ1n) is 8.11. The fourth-order valence-electron chi connectivity index (χ4n) is 2.71. The maximum atomic E-state index is 2.54. The van der Waals surface area contributed by atoms with Crippen LogP contribution in [0.25, 0.3) is 11.1 Å². The van der Waals surface area contributed by atoms with Crippen LogP contribution in [0.15, 0.2) is 48.5 Å². The Morgan fingerprint density at radius 3 is 1.67 bits per heavy atom. The van der Waals surface area contributed by atoms with Crippen LogP contribution in [0.1, 0.15) is 37.8 Å². The quantitative estimate of drug-likeness (QED) is 0.667. The summed E-state index contributed by atoms with van der Waals surface area (Å²) in [5.41, 5.74) is 5.32. The average Bonchev–Trinajstić information content (AvgIpc) is 2.49. The van der Waals surface area contributed by atoms with Crippen molar-refractivity contribution in [2.75, 3.05) is 13.1 Å². The Bertz CT molecular complexity index is 519. The second-order valence-electron chi connectivity index (χ2n) is 5.84. The molecule has 0 saturated carbocycles. The Morgan fingerprint density at radius 1 is 0.714 bits per heavy atom. The van der Waals surface area contributed by atoms with Crippen LogP contribution in [0.3, 0.4) is 0 Å². The van der Waals surface area contributed by atoms with Crippen molar-refractivity contribution in [3.63, 3.8) is 0 Å². The highest BCUT2D eigenvalue weighted by molar-refractivity contribution is 5.63. The zero-order valence-corrected chi connectivity index (χ0v) is 13.6. The first kappa shape index (κ1) is 15.8. The maximum Gasteiger partial charge on any atom is 0.0233 e. The molecule has 1 nitrogen and oxygen atoms in total. The van der Waals surface area contributed by atoms with Gasteiger partial charge in [0.25, 0.3) is 0 Å². The Kier molecular flexibility index (Phi) is 6.01. The van der Waals surface area contributed by atoms with Crippen molar-refractivity contribution in [3.8, 4) is 11.1 Å². The van der Waals surface area contributed by atoms with Crippen LogP contribution < -0.4 is 0 Å². The summed E-state index contributed by atoms with van der Waals surface area (Å²) in [7, 11) is 0. The Balaban J connectivity index is 2.05. The van der Waals surface area contributed by atoms with E-state index in [-0.39, 0.29) is 0 Å². The molecule has 0 radical (unpaired) electrons. The molecule has 2 rings (SSSR count). The van der Waals surface area contributed by atoms with Gasteiger partial charge in [-0.1, -0.05) is 67.9 Å². The molecule has 1 heteroatoms. The predicted octanol–water partition coefficient (Wildman–Crippen LogP) is 5.28. The molecule has 21 heavy (non-hydrogen) atoms. The molecule has 0 spiro atoms. The summed E-state index contributed by atoms with van der Waals surface area (Å²) in [5.74, 6) is 0. The lowest BCUT2D eigenvalue weighted by Gasteiger charge is -2.21. The third-order valence-electron chi connectivity index (χ3n) is 3.82. The number of benzene rings is 2. The number of nitrogens with zero attached hydrogens (tertiary/aromatic N) is 1. The second kappa shape index (κ2) is 7.99. The van der Waals surface area contributed by atoms with E-state index < -0.39 is 0 Å². The Labute approximate surface area is 129 Å². The maximum absolute atomic E-state index is 2.54. The lowest BCUT2D eigenvalue weighted by Crippen LogP contribution is -2.24. The minimum Gasteiger partial charge on any atom is -0.299 e. The van der Waals surface area contributed by atoms with Gasteiger partial charge in [-0.2, -0.15) is 0 Å². The molecule has 0 N–H and O–H groups in total. The lowest BCUT2D eigenvalue weighted by molar-refractivity contribution is 0.266. The van der Waals surface area contributed by atoms with E-state index in [4.69, 9.17) is 0 Å². The first-order valence-corrected chi connectivity index (χ1v) is 8.11. The summed E-state index contributed by atoms with van der Waals surface area (Å²) in [6.07, 6.45) is 2.45. The van der Waals surface area contributed by atoms with Gasteiger partial charge in [0.15, 0.2) is 0 Å². The van der Waals surface area contributed by atoms with Gasteiger partial charge in [0.05, 0.1) is 0 Å². The Hall–Kier alpha value is -1.60. The molecule has 0 fully saturated rings. The highest BCUT2D eigenvalue weighted by Gasteiger charge is 2.04. The average molecular weight is 281 g/mol. The van der Waals surface area contributed by atoms with E-state index in [0.717, 1.165) is 6.54 Å². The van der Waals surface area contributed by atoms with E-state index in [9.17, 15) is 0 Å². The molecule has 0 aliphatic heterocycles. The molecule has 0 aliphatic rings. The third kappa shape index (κ3) is 4.71. The summed E-state index contributed by atoms with van der Waals surface area (Å²) in [5, 5.41) is 0. The van der Waals surface area contributed by atoms with Crippen molar-refractivity contribution >= 4 is 0 Å². The van der Waals surface area contributed by atoms with Gasteiger partial charge >= 0.3 is 0 Å². The number of aryl methyl sites for hydroxylation is 1. The number of hydrogen-bond acceptors (Lipinski definition) is 1. The van der Waals surface area contributed by atoms with Gasteiger partial charge in [0.1, 0.15) is 0 Å². The van der Waals surface area contributed by atoms with Crippen LogP contribution >= 0.6 is 0 Å². The lowest BCUT2D eigenvalue weighted by atomic mass is 10.0. The molecule has 2 aromatic carbocycles. The normalized spacial score (nSPS) is 11.0. The highest BCUT2D eigenvalue weighted by atomic mass is 15.1. The van der Waals surface area contributed by atoms with Gasteiger partial charge in [0, 0.05) is 6.54 Å². The van der Waals surface area contributed by atoms with Crippen molar-refractivity contribution in [2.45, 2.75) is 40.2 Å². The van der Waals surface area contributed by atoms with Crippen LogP contribution in [0.4, 0.5) is 0 Å². The fraction of sp³-hybridized carbons (Fsp3) is 0.400. The molecular weight excluding hydrogens is 254 g/mol. The van der Waals surface area contributed by atoms with Crippen LogP contribution in [0, 0.1) is 6.92 Å². The van der Waals surface area contributed by atoms with Gasteiger partial charge in [-0.25, -0.2) is 0 Å². The predicted molar refractivity (Wildman–Crippen MR) is 92.5 cm³/mol. The molecule has 2 aromatic rings. The highest BCUT2D eigenvalue weighted by Crippen LogP contribution is 2.20. The van der Waals surface area contributed by atoms with E-state index in [2.05, 4.69) is 74.2 Å². The zero-order chi connectivity index (χ0) is 15.1. The summed E-state index contributed by atoms with van der Waals surface area (Å²) in [4.78, 5) is 2.54. The van der Waals surface area contributed by atoms with Crippen LogP contribution in [0.5, 0.6) is 0 Å². The van der Waals surface area contributed by atoms with Crippen molar-refractivity contribution in [2.24, 2.45) is 0 Å². The molecule has 0 aliphatic carbocycles. The molecule has 0 bridgehead atoms. The monoisotopic (exact) mass is 281 g/mol. The second-order valence-corrected chi connectivity index (χ2v) is 5.84. The Morgan fingerprint density at radius 2 is 1.19 bits per heavy atom.